The lowest BCUT2D eigenvalue weighted by atomic mass is 10.1. The van der Waals surface area contributed by atoms with Gasteiger partial charge in [0, 0.05) is 4.90 Å². The average Bonchev–Trinajstić information content (AvgIpc) is 2.08. The molecule has 2 nitrogen and oxygen atoms in total. The first kappa shape index (κ1) is 8.95. The number of benzene rings is 1. The lowest BCUT2D eigenvalue weighted by molar-refractivity contribution is 0.410. The van der Waals surface area contributed by atoms with Crippen LogP contribution in [0.25, 0.3) is 0 Å². The molecular weight excluding hydrogens is 170 g/mol. The van der Waals surface area contributed by atoms with E-state index in [-0.39, 0.29) is 0 Å². The molecule has 0 aliphatic rings. The second-order valence-electron chi connectivity index (χ2n) is 2.45. The van der Waals surface area contributed by atoms with Crippen molar-refractivity contribution >= 4 is 12.6 Å². The van der Waals surface area contributed by atoms with E-state index in [9.17, 15) is 0 Å². The second kappa shape index (κ2) is 3.51. The number of nitrogens with zero attached hydrogens (tertiary/aromatic N) is 1. The fourth-order valence-corrected chi connectivity index (χ4v) is 1.22. The molecule has 62 valence electrons. The first-order valence-corrected chi connectivity index (χ1v) is 3.91. The molecule has 0 spiro atoms. The van der Waals surface area contributed by atoms with Gasteiger partial charge in [-0.1, -0.05) is 0 Å². The molecule has 1 aromatic rings. The largest absolute Gasteiger partial charge is 0.496 e. The number of nitriles is 1. The van der Waals surface area contributed by atoms with Crippen molar-refractivity contribution in [2.24, 2.45) is 0 Å². The van der Waals surface area contributed by atoms with Crippen molar-refractivity contribution < 1.29 is 4.74 Å². The molecular formula is C9H9NOS. The van der Waals surface area contributed by atoms with E-state index >= 15 is 0 Å². The van der Waals surface area contributed by atoms with Gasteiger partial charge in [-0.05, 0) is 24.6 Å². The van der Waals surface area contributed by atoms with E-state index in [0.29, 0.717) is 10.5 Å². The normalized spacial score (nSPS) is 9.17. The van der Waals surface area contributed by atoms with E-state index in [1.165, 1.54) is 0 Å². The second-order valence-corrected chi connectivity index (χ2v) is 2.93. The zero-order chi connectivity index (χ0) is 9.14. The first-order chi connectivity index (χ1) is 5.69. The lowest BCUT2D eigenvalue weighted by Crippen LogP contribution is -1.89. The number of hydrogen-bond acceptors (Lipinski definition) is 3. The maximum Gasteiger partial charge on any atom is 0.122 e. The van der Waals surface area contributed by atoms with Crippen LogP contribution in [0.3, 0.4) is 0 Å². The molecule has 3 heteroatoms. The molecule has 0 radical (unpaired) electrons. The maximum absolute atomic E-state index is 8.67. The average molecular weight is 179 g/mol. The number of ether oxygens (including phenoxy) is 1. The van der Waals surface area contributed by atoms with Gasteiger partial charge in [0.05, 0.1) is 12.7 Å². The van der Waals surface area contributed by atoms with Crippen molar-refractivity contribution in [3.05, 3.63) is 23.3 Å². The third-order valence-corrected chi connectivity index (χ3v) is 2.00. The molecule has 0 aromatic heterocycles. The Bertz CT molecular complexity index is 340. The Balaban J connectivity index is 3.28. The number of aryl methyl sites for hydroxylation is 1. The van der Waals surface area contributed by atoms with E-state index in [0.717, 1.165) is 11.3 Å². The summed E-state index contributed by atoms with van der Waals surface area (Å²) < 4.78 is 5.07. The van der Waals surface area contributed by atoms with Crippen molar-refractivity contribution in [1.29, 1.82) is 5.26 Å². The van der Waals surface area contributed by atoms with E-state index in [2.05, 4.69) is 18.7 Å². The molecule has 0 aliphatic carbocycles. The summed E-state index contributed by atoms with van der Waals surface area (Å²) in [6.45, 7) is 1.90. The van der Waals surface area contributed by atoms with Gasteiger partial charge in [0.25, 0.3) is 0 Å². The maximum atomic E-state index is 8.67. The summed E-state index contributed by atoms with van der Waals surface area (Å²) in [5.41, 5.74) is 1.53. The Kier molecular flexibility index (Phi) is 2.61. The molecule has 0 unspecified atom stereocenters. The fraction of sp³-hybridized carbons (Fsp3) is 0.222. The van der Waals surface area contributed by atoms with Gasteiger partial charge in [-0.2, -0.15) is 5.26 Å². The monoisotopic (exact) mass is 179 g/mol. The van der Waals surface area contributed by atoms with Crippen LogP contribution in [0.1, 0.15) is 11.1 Å². The molecule has 0 saturated carbocycles. The Hall–Kier alpha value is -1.14. The highest BCUT2D eigenvalue weighted by Gasteiger charge is 2.03. The molecule has 0 N–H and O–H groups in total. The van der Waals surface area contributed by atoms with Gasteiger partial charge in [-0.3, -0.25) is 0 Å². The molecule has 0 fully saturated rings. The van der Waals surface area contributed by atoms with Crippen molar-refractivity contribution in [3.63, 3.8) is 0 Å². The van der Waals surface area contributed by atoms with Crippen LogP contribution in [0.5, 0.6) is 5.75 Å². The van der Waals surface area contributed by atoms with Gasteiger partial charge < -0.3 is 4.74 Å². The summed E-state index contributed by atoms with van der Waals surface area (Å²) >= 11 is 4.15. The van der Waals surface area contributed by atoms with Crippen LogP contribution in [-0.2, 0) is 0 Å². The summed E-state index contributed by atoms with van der Waals surface area (Å²) in [7, 11) is 1.60. The van der Waals surface area contributed by atoms with Crippen LogP contribution in [0.15, 0.2) is 17.0 Å². The van der Waals surface area contributed by atoms with Crippen LogP contribution in [0.4, 0.5) is 0 Å². The third-order valence-electron chi connectivity index (χ3n) is 1.63. The molecule has 0 atom stereocenters. The highest BCUT2D eigenvalue weighted by atomic mass is 32.1. The molecule has 1 rings (SSSR count). The summed E-state index contributed by atoms with van der Waals surface area (Å²) in [5.74, 6) is 0.763. The standard InChI is InChI=1S/C9H9NOS/c1-6-3-7(5-10)9(12)4-8(6)11-2/h3-4,12H,1-2H3. The van der Waals surface area contributed by atoms with Crippen LogP contribution in [0.2, 0.25) is 0 Å². The predicted octanol–water partition coefficient (Wildman–Crippen LogP) is 2.16. The zero-order valence-electron chi connectivity index (χ0n) is 6.96. The fourth-order valence-electron chi connectivity index (χ4n) is 0.987. The molecule has 0 saturated heterocycles. The number of methoxy groups -OCH3 is 1. The molecule has 0 aliphatic heterocycles. The lowest BCUT2D eigenvalue weighted by Gasteiger charge is -2.05. The van der Waals surface area contributed by atoms with Crippen molar-refractivity contribution in [1.82, 2.24) is 0 Å². The van der Waals surface area contributed by atoms with Crippen molar-refractivity contribution in [2.45, 2.75) is 11.8 Å². The minimum Gasteiger partial charge on any atom is -0.496 e. The van der Waals surface area contributed by atoms with Gasteiger partial charge >= 0.3 is 0 Å². The van der Waals surface area contributed by atoms with Crippen molar-refractivity contribution in [3.8, 4) is 11.8 Å². The molecule has 12 heavy (non-hydrogen) atoms. The highest BCUT2D eigenvalue weighted by molar-refractivity contribution is 7.80. The van der Waals surface area contributed by atoms with Gasteiger partial charge in [0.1, 0.15) is 11.8 Å². The van der Waals surface area contributed by atoms with E-state index in [1.807, 2.05) is 6.92 Å². The summed E-state index contributed by atoms with van der Waals surface area (Å²) in [4.78, 5) is 0.653. The van der Waals surface area contributed by atoms with E-state index < -0.39 is 0 Å². The van der Waals surface area contributed by atoms with Gasteiger partial charge in [-0.15, -0.1) is 12.6 Å². The zero-order valence-corrected chi connectivity index (χ0v) is 7.85. The Morgan fingerprint density at radius 3 is 2.67 bits per heavy atom. The van der Waals surface area contributed by atoms with Gasteiger partial charge in [0.15, 0.2) is 0 Å². The van der Waals surface area contributed by atoms with Crippen LogP contribution < -0.4 is 4.74 Å². The predicted molar refractivity (Wildman–Crippen MR) is 49.7 cm³/mol. The quantitative estimate of drug-likeness (QED) is 0.670. The summed E-state index contributed by atoms with van der Waals surface area (Å²) in [6, 6.07) is 5.57. The minimum absolute atomic E-state index is 0.580. The highest BCUT2D eigenvalue weighted by Crippen LogP contribution is 2.24. The minimum atomic E-state index is 0.580. The van der Waals surface area contributed by atoms with Crippen LogP contribution in [-0.4, -0.2) is 7.11 Å². The molecule has 0 heterocycles. The van der Waals surface area contributed by atoms with E-state index in [1.54, 1.807) is 19.2 Å². The van der Waals surface area contributed by atoms with Crippen molar-refractivity contribution in [2.75, 3.05) is 7.11 Å². The van der Waals surface area contributed by atoms with Crippen LogP contribution in [0, 0.1) is 18.3 Å². The van der Waals surface area contributed by atoms with Crippen LogP contribution >= 0.6 is 12.6 Å². The van der Waals surface area contributed by atoms with Gasteiger partial charge in [-0.25, -0.2) is 0 Å². The number of thiol groups is 1. The first-order valence-electron chi connectivity index (χ1n) is 3.46. The Labute approximate surface area is 77.2 Å². The molecule has 0 bridgehead atoms. The van der Waals surface area contributed by atoms with Gasteiger partial charge in [0.2, 0.25) is 0 Å². The Morgan fingerprint density at radius 2 is 2.17 bits per heavy atom. The SMILES string of the molecule is COc1cc(S)c(C#N)cc1C. The van der Waals surface area contributed by atoms with E-state index in [4.69, 9.17) is 10.00 Å². The topological polar surface area (TPSA) is 33.0 Å². The molecule has 1 aromatic carbocycles. The third kappa shape index (κ3) is 1.54. The number of hydrogen-bond donors (Lipinski definition) is 1. The smallest absolute Gasteiger partial charge is 0.122 e. The number of rotatable bonds is 1. The summed E-state index contributed by atoms with van der Waals surface area (Å²) in [5, 5.41) is 8.67. The Morgan fingerprint density at radius 1 is 1.50 bits per heavy atom. The summed E-state index contributed by atoms with van der Waals surface area (Å²) in [6.07, 6.45) is 0. The molecule has 0 amide bonds.